The molecule has 35 heavy (non-hydrogen) atoms. The number of carbonyl (C=O) groups is 1. The van der Waals surface area contributed by atoms with E-state index in [0.717, 1.165) is 25.2 Å². The minimum atomic E-state index is -3.80. The molecule has 0 unspecified atom stereocenters. The lowest BCUT2D eigenvalue weighted by Gasteiger charge is -2.39. The standard InChI is InChI=1S/C26H44N2O6S/c1-21-9-11-22(12-10-21)35(30,31)33-20-26(7,8)19-32-18-25(5,6)17-27-13-15-28(16-14-27)23(29)34-24(2,3)4/h9-12H,13-20H2,1-8H3. The molecule has 200 valence electrons. The number of carbonyl (C=O) groups excluding carboxylic acids is 1. The molecule has 1 saturated heterocycles. The van der Waals surface area contributed by atoms with E-state index in [0.29, 0.717) is 26.3 Å². The molecule has 1 aliphatic heterocycles. The van der Waals surface area contributed by atoms with Crippen molar-refractivity contribution < 1.29 is 26.9 Å². The summed E-state index contributed by atoms with van der Waals surface area (Å²) in [5.74, 6) is 0. The molecule has 1 aromatic rings. The second-order valence-electron chi connectivity index (χ2n) is 12.1. The van der Waals surface area contributed by atoms with Crippen LogP contribution in [0.1, 0.15) is 54.0 Å². The molecule has 0 radical (unpaired) electrons. The van der Waals surface area contributed by atoms with Gasteiger partial charge in [-0.05, 0) is 39.8 Å². The zero-order chi connectivity index (χ0) is 26.5. The number of hydrogen-bond acceptors (Lipinski definition) is 7. The predicted molar refractivity (Wildman–Crippen MR) is 137 cm³/mol. The highest BCUT2D eigenvalue weighted by Crippen LogP contribution is 2.24. The molecule has 0 aromatic heterocycles. The number of piperazine rings is 1. The van der Waals surface area contributed by atoms with Gasteiger partial charge in [-0.2, -0.15) is 8.42 Å². The Kier molecular flexibility index (Phi) is 9.78. The summed E-state index contributed by atoms with van der Waals surface area (Å²) in [6, 6.07) is 6.63. The Labute approximate surface area is 212 Å². The predicted octanol–water partition coefficient (Wildman–Crippen LogP) is 4.32. The molecule has 0 bridgehead atoms. The first-order valence-corrected chi connectivity index (χ1v) is 13.6. The second kappa shape index (κ2) is 11.6. The summed E-state index contributed by atoms with van der Waals surface area (Å²) in [7, 11) is -3.80. The summed E-state index contributed by atoms with van der Waals surface area (Å²) < 4.78 is 41.8. The van der Waals surface area contributed by atoms with E-state index < -0.39 is 21.1 Å². The van der Waals surface area contributed by atoms with E-state index in [9.17, 15) is 13.2 Å². The minimum Gasteiger partial charge on any atom is -0.444 e. The Bertz CT molecular complexity index is 928. The van der Waals surface area contributed by atoms with Gasteiger partial charge >= 0.3 is 6.09 Å². The van der Waals surface area contributed by atoms with Crippen molar-refractivity contribution in [3.8, 4) is 0 Å². The molecule has 0 spiro atoms. The lowest BCUT2D eigenvalue weighted by Crippen LogP contribution is -2.52. The summed E-state index contributed by atoms with van der Waals surface area (Å²) in [4.78, 5) is 16.5. The molecule has 0 atom stereocenters. The van der Waals surface area contributed by atoms with Gasteiger partial charge in [-0.15, -0.1) is 0 Å². The molecule has 1 aromatic carbocycles. The van der Waals surface area contributed by atoms with Crippen molar-refractivity contribution in [3.05, 3.63) is 29.8 Å². The van der Waals surface area contributed by atoms with Gasteiger partial charge in [0.1, 0.15) is 5.60 Å². The number of ether oxygens (including phenoxy) is 2. The molecule has 0 saturated carbocycles. The third-order valence-corrected chi connectivity index (χ3v) is 6.85. The smallest absolute Gasteiger partial charge is 0.410 e. The molecule has 8 nitrogen and oxygen atoms in total. The number of rotatable bonds is 10. The normalized spacial score (nSPS) is 16.4. The van der Waals surface area contributed by atoms with Crippen LogP contribution in [0.3, 0.4) is 0 Å². The maximum atomic E-state index is 12.5. The minimum absolute atomic E-state index is 0.0380. The van der Waals surface area contributed by atoms with Gasteiger partial charge in [-0.3, -0.25) is 9.08 Å². The Hall–Kier alpha value is -1.68. The highest BCUT2D eigenvalue weighted by Gasteiger charge is 2.30. The molecule has 1 fully saturated rings. The first-order valence-electron chi connectivity index (χ1n) is 12.2. The first kappa shape index (κ1) is 29.5. The summed E-state index contributed by atoms with van der Waals surface area (Å²) in [6.07, 6.45) is -0.256. The van der Waals surface area contributed by atoms with Crippen LogP contribution in [-0.2, 0) is 23.8 Å². The Morgan fingerprint density at radius 2 is 1.40 bits per heavy atom. The number of hydrogen-bond donors (Lipinski definition) is 0. The first-order chi connectivity index (χ1) is 16.0. The maximum Gasteiger partial charge on any atom is 0.410 e. The average Bonchev–Trinajstić information content (AvgIpc) is 2.71. The van der Waals surface area contributed by atoms with Gasteiger partial charge in [0.2, 0.25) is 0 Å². The fourth-order valence-electron chi connectivity index (χ4n) is 3.72. The van der Waals surface area contributed by atoms with Crippen LogP contribution >= 0.6 is 0 Å². The van der Waals surface area contributed by atoms with Crippen molar-refractivity contribution in [1.82, 2.24) is 9.80 Å². The van der Waals surface area contributed by atoms with E-state index in [1.165, 1.54) is 0 Å². The average molecular weight is 513 g/mol. The van der Waals surface area contributed by atoms with E-state index in [1.807, 2.05) is 41.5 Å². The highest BCUT2D eigenvalue weighted by molar-refractivity contribution is 7.86. The van der Waals surface area contributed by atoms with Crippen LogP contribution in [0.25, 0.3) is 0 Å². The lowest BCUT2D eigenvalue weighted by atomic mass is 9.92. The summed E-state index contributed by atoms with van der Waals surface area (Å²) in [5, 5.41) is 0. The SMILES string of the molecule is Cc1ccc(S(=O)(=O)OCC(C)(C)COCC(C)(C)CN2CCN(C(=O)OC(C)(C)C)CC2)cc1. The summed E-state index contributed by atoms with van der Waals surface area (Å²) >= 11 is 0. The van der Waals surface area contributed by atoms with Crippen LogP contribution in [0, 0.1) is 17.8 Å². The molecular weight excluding hydrogens is 468 g/mol. The van der Waals surface area contributed by atoms with E-state index in [4.69, 9.17) is 13.7 Å². The zero-order valence-electron chi connectivity index (χ0n) is 22.7. The summed E-state index contributed by atoms with van der Waals surface area (Å²) in [6.45, 7) is 20.4. The van der Waals surface area contributed by atoms with Crippen molar-refractivity contribution >= 4 is 16.2 Å². The van der Waals surface area contributed by atoms with Crippen LogP contribution in [0.4, 0.5) is 4.79 Å². The van der Waals surface area contributed by atoms with E-state index in [2.05, 4.69) is 18.7 Å². The van der Waals surface area contributed by atoms with Crippen molar-refractivity contribution in [3.63, 3.8) is 0 Å². The Balaban J connectivity index is 1.75. The van der Waals surface area contributed by atoms with Gasteiger partial charge in [0.25, 0.3) is 10.1 Å². The van der Waals surface area contributed by atoms with Crippen LogP contribution in [0.15, 0.2) is 29.2 Å². The largest absolute Gasteiger partial charge is 0.444 e. The molecule has 1 amide bonds. The fraction of sp³-hybridized carbons (Fsp3) is 0.731. The topological polar surface area (TPSA) is 85.4 Å². The van der Waals surface area contributed by atoms with E-state index in [1.54, 1.807) is 29.2 Å². The zero-order valence-corrected chi connectivity index (χ0v) is 23.5. The Morgan fingerprint density at radius 1 is 0.857 bits per heavy atom. The highest BCUT2D eigenvalue weighted by atomic mass is 32.2. The molecule has 0 aliphatic carbocycles. The molecule has 2 rings (SSSR count). The maximum absolute atomic E-state index is 12.5. The number of amides is 1. The molecule has 9 heteroatoms. The van der Waals surface area contributed by atoms with Crippen LogP contribution < -0.4 is 0 Å². The monoisotopic (exact) mass is 512 g/mol. The second-order valence-corrected chi connectivity index (χ2v) is 13.7. The van der Waals surface area contributed by atoms with Crippen molar-refractivity contribution in [2.45, 2.75) is 65.9 Å². The van der Waals surface area contributed by atoms with Gasteiger partial charge in [0, 0.05) is 43.6 Å². The molecule has 1 aliphatic rings. The van der Waals surface area contributed by atoms with E-state index >= 15 is 0 Å². The molecule has 1 heterocycles. The summed E-state index contributed by atoms with van der Waals surface area (Å²) in [5.41, 5.74) is -0.0615. The molecule has 0 N–H and O–H groups in total. The van der Waals surface area contributed by atoms with Crippen molar-refractivity contribution in [2.75, 3.05) is 52.5 Å². The van der Waals surface area contributed by atoms with Crippen LogP contribution in [0.2, 0.25) is 0 Å². The number of nitrogens with zero attached hydrogens (tertiary/aromatic N) is 2. The van der Waals surface area contributed by atoms with Crippen molar-refractivity contribution in [1.29, 1.82) is 0 Å². The van der Waals surface area contributed by atoms with Crippen LogP contribution in [0.5, 0.6) is 0 Å². The quantitative estimate of drug-likeness (QED) is 0.432. The van der Waals surface area contributed by atoms with Gasteiger partial charge in [-0.1, -0.05) is 45.4 Å². The Morgan fingerprint density at radius 3 is 1.94 bits per heavy atom. The third kappa shape index (κ3) is 10.5. The van der Waals surface area contributed by atoms with Crippen molar-refractivity contribution in [2.24, 2.45) is 10.8 Å². The van der Waals surface area contributed by atoms with Gasteiger partial charge in [-0.25, -0.2) is 4.79 Å². The lowest BCUT2D eigenvalue weighted by molar-refractivity contribution is -0.0182. The van der Waals surface area contributed by atoms with Gasteiger partial charge < -0.3 is 14.4 Å². The van der Waals surface area contributed by atoms with E-state index in [-0.39, 0.29) is 23.0 Å². The fourth-order valence-corrected chi connectivity index (χ4v) is 4.80. The number of benzene rings is 1. The van der Waals surface area contributed by atoms with Gasteiger partial charge in [0.05, 0.1) is 24.7 Å². The van der Waals surface area contributed by atoms with Gasteiger partial charge in [0.15, 0.2) is 0 Å². The molecular formula is C26H44N2O6S. The third-order valence-electron chi connectivity index (χ3n) is 5.58. The number of aryl methyl sites for hydroxylation is 1. The van der Waals surface area contributed by atoms with Crippen LogP contribution in [-0.4, -0.2) is 82.5 Å².